The lowest BCUT2D eigenvalue weighted by molar-refractivity contribution is -0.147. The summed E-state index contributed by atoms with van der Waals surface area (Å²) >= 11 is 0. The minimum absolute atomic E-state index is 0.634. The average Bonchev–Trinajstić information content (AvgIpc) is 2.19. The molecule has 0 radical (unpaired) electrons. The second kappa shape index (κ2) is 4.84. The summed E-state index contributed by atoms with van der Waals surface area (Å²) in [6.07, 6.45) is -2.12. The zero-order valence-electron chi connectivity index (χ0n) is 7.73. The molecule has 0 aliphatic rings. The van der Waals surface area contributed by atoms with Crippen LogP contribution in [0.15, 0.2) is 18.2 Å². The molecule has 1 aromatic rings. The van der Waals surface area contributed by atoms with Gasteiger partial charge >= 0.3 is 12.6 Å². The van der Waals surface area contributed by atoms with Gasteiger partial charge in [-0.15, -0.1) is 0 Å². The maximum Gasteiger partial charge on any atom is 0.387 e. The summed E-state index contributed by atoms with van der Waals surface area (Å²) in [7, 11) is 0. The van der Waals surface area contributed by atoms with Gasteiger partial charge in [0.25, 0.3) is 0 Å². The van der Waals surface area contributed by atoms with E-state index in [-0.39, 0.29) is 0 Å². The van der Waals surface area contributed by atoms with Gasteiger partial charge in [0, 0.05) is 5.56 Å². The number of carbonyl (C=O) groups is 1. The van der Waals surface area contributed by atoms with Crippen LogP contribution < -0.4 is 4.74 Å². The van der Waals surface area contributed by atoms with E-state index >= 15 is 0 Å². The molecule has 88 valence electrons. The fourth-order valence-electron chi connectivity index (χ4n) is 1.06. The molecule has 0 saturated heterocycles. The van der Waals surface area contributed by atoms with Crippen molar-refractivity contribution in [2.75, 3.05) is 0 Å². The van der Waals surface area contributed by atoms with Gasteiger partial charge in [0.15, 0.2) is 17.7 Å². The summed E-state index contributed by atoms with van der Waals surface area (Å²) in [6, 6.07) is 2.97. The number of aliphatic hydroxyl groups excluding tert-OH is 1. The minimum atomic E-state index is -3.23. The maximum atomic E-state index is 13.4. The van der Waals surface area contributed by atoms with Gasteiger partial charge in [-0.25, -0.2) is 9.18 Å². The third-order valence-corrected chi connectivity index (χ3v) is 1.74. The Hall–Kier alpha value is -1.76. The highest BCUT2D eigenvalue weighted by Gasteiger charge is 2.23. The standard InChI is InChI=1S/C9H7F3O4/c10-6-4(7(13)8(14)15)2-1-3-5(6)16-9(11)12/h1-3,7,9,13H,(H,14,15). The third-order valence-electron chi connectivity index (χ3n) is 1.74. The minimum Gasteiger partial charge on any atom is -0.479 e. The SMILES string of the molecule is O=C(O)C(O)c1cccc(OC(F)F)c1F. The molecule has 0 fully saturated rings. The summed E-state index contributed by atoms with van der Waals surface area (Å²) in [4.78, 5) is 10.4. The lowest BCUT2D eigenvalue weighted by atomic mass is 10.1. The van der Waals surface area contributed by atoms with Crippen LogP contribution in [0, 0.1) is 5.82 Å². The highest BCUT2D eigenvalue weighted by molar-refractivity contribution is 5.74. The predicted molar refractivity (Wildman–Crippen MR) is 45.6 cm³/mol. The van der Waals surface area contributed by atoms with E-state index in [1.165, 1.54) is 0 Å². The Balaban J connectivity index is 3.08. The number of alkyl halides is 2. The number of ether oxygens (including phenoxy) is 1. The first-order chi connectivity index (χ1) is 7.43. The highest BCUT2D eigenvalue weighted by Crippen LogP contribution is 2.26. The first kappa shape index (κ1) is 12.3. The first-order valence-corrected chi connectivity index (χ1v) is 4.07. The number of benzene rings is 1. The number of carboxylic acid groups (broad SMARTS) is 1. The van der Waals surface area contributed by atoms with Crippen molar-refractivity contribution in [2.45, 2.75) is 12.7 Å². The van der Waals surface area contributed by atoms with Gasteiger partial charge in [0.1, 0.15) is 0 Å². The van der Waals surface area contributed by atoms with Crippen molar-refractivity contribution in [1.29, 1.82) is 0 Å². The molecule has 0 aliphatic carbocycles. The van der Waals surface area contributed by atoms with Gasteiger partial charge in [-0.2, -0.15) is 8.78 Å². The normalized spacial score (nSPS) is 12.6. The smallest absolute Gasteiger partial charge is 0.387 e. The Morgan fingerprint density at radius 2 is 2.00 bits per heavy atom. The molecule has 4 nitrogen and oxygen atoms in total. The molecular weight excluding hydrogens is 229 g/mol. The van der Waals surface area contributed by atoms with E-state index in [9.17, 15) is 18.0 Å². The van der Waals surface area contributed by atoms with Gasteiger partial charge in [-0.05, 0) is 6.07 Å². The molecule has 0 bridgehead atoms. The van der Waals surface area contributed by atoms with Crippen LogP contribution in [0.2, 0.25) is 0 Å². The number of rotatable bonds is 4. The monoisotopic (exact) mass is 236 g/mol. The number of hydrogen-bond donors (Lipinski definition) is 2. The number of aliphatic hydroxyl groups is 1. The van der Waals surface area contributed by atoms with Gasteiger partial charge < -0.3 is 14.9 Å². The lowest BCUT2D eigenvalue weighted by Crippen LogP contribution is -2.13. The molecule has 0 amide bonds. The zero-order valence-corrected chi connectivity index (χ0v) is 7.73. The van der Waals surface area contributed by atoms with E-state index in [1.807, 2.05) is 0 Å². The van der Waals surface area contributed by atoms with Crippen LogP contribution in [0.25, 0.3) is 0 Å². The molecule has 2 N–H and O–H groups in total. The summed E-state index contributed by atoms with van der Waals surface area (Å²) in [5.41, 5.74) is -0.634. The summed E-state index contributed by atoms with van der Waals surface area (Å²) in [5, 5.41) is 17.5. The second-order valence-electron chi connectivity index (χ2n) is 2.78. The second-order valence-corrected chi connectivity index (χ2v) is 2.78. The molecule has 7 heteroatoms. The fourth-order valence-corrected chi connectivity index (χ4v) is 1.06. The van der Waals surface area contributed by atoms with E-state index in [1.54, 1.807) is 0 Å². The molecule has 1 rings (SSSR count). The van der Waals surface area contributed by atoms with Gasteiger partial charge in [0.05, 0.1) is 0 Å². The molecule has 1 atom stereocenters. The van der Waals surface area contributed by atoms with Gasteiger partial charge in [-0.3, -0.25) is 0 Å². The highest BCUT2D eigenvalue weighted by atomic mass is 19.3. The van der Waals surface area contributed by atoms with Crippen molar-refractivity contribution >= 4 is 5.97 Å². The largest absolute Gasteiger partial charge is 0.479 e. The molecule has 0 aromatic heterocycles. The van der Waals surface area contributed by atoms with Crippen LogP contribution in [0.3, 0.4) is 0 Å². The van der Waals surface area contributed by atoms with Crippen LogP contribution in [-0.2, 0) is 4.79 Å². The lowest BCUT2D eigenvalue weighted by Gasteiger charge is -2.11. The fraction of sp³-hybridized carbons (Fsp3) is 0.222. The van der Waals surface area contributed by atoms with Crippen LogP contribution in [0.1, 0.15) is 11.7 Å². The van der Waals surface area contributed by atoms with E-state index in [4.69, 9.17) is 10.2 Å². The van der Waals surface area contributed by atoms with E-state index in [0.717, 1.165) is 18.2 Å². The quantitative estimate of drug-likeness (QED) is 0.832. The van der Waals surface area contributed by atoms with Crippen molar-refractivity contribution in [3.05, 3.63) is 29.6 Å². The van der Waals surface area contributed by atoms with Crippen molar-refractivity contribution in [2.24, 2.45) is 0 Å². The molecule has 1 unspecified atom stereocenters. The van der Waals surface area contributed by atoms with E-state index in [2.05, 4.69) is 4.74 Å². The molecular formula is C9H7F3O4. The Labute approximate surface area is 87.9 Å². The first-order valence-electron chi connectivity index (χ1n) is 4.07. The van der Waals surface area contributed by atoms with Crippen molar-refractivity contribution < 1.29 is 32.9 Å². The zero-order chi connectivity index (χ0) is 12.3. The molecule has 0 heterocycles. The molecule has 0 saturated carbocycles. The molecule has 16 heavy (non-hydrogen) atoms. The Morgan fingerprint density at radius 3 is 2.50 bits per heavy atom. The predicted octanol–water partition coefficient (Wildman–Crippen LogP) is 1.55. The third kappa shape index (κ3) is 2.63. The Kier molecular flexibility index (Phi) is 3.73. The Bertz CT molecular complexity index is 394. The van der Waals surface area contributed by atoms with Crippen molar-refractivity contribution in [1.82, 2.24) is 0 Å². The Morgan fingerprint density at radius 1 is 1.38 bits per heavy atom. The van der Waals surface area contributed by atoms with Crippen LogP contribution in [0.4, 0.5) is 13.2 Å². The van der Waals surface area contributed by atoms with Crippen LogP contribution >= 0.6 is 0 Å². The van der Waals surface area contributed by atoms with E-state index in [0.29, 0.717) is 0 Å². The average molecular weight is 236 g/mol. The summed E-state index contributed by atoms with van der Waals surface area (Å²) in [5.74, 6) is -3.82. The topological polar surface area (TPSA) is 66.8 Å². The van der Waals surface area contributed by atoms with Crippen molar-refractivity contribution in [3.8, 4) is 5.75 Å². The number of aliphatic carboxylic acids is 1. The molecule has 0 spiro atoms. The molecule has 0 aliphatic heterocycles. The van der Waals surface area contributed by atoms with Gasteiger partial charge in [-0.1, -0.05) is 12.1 Å². The number of carboxylic acids is 1. The summed E-state index contributed by atoms with van der Waals surface area (Å²) in [6.45, 7) is -3.23. The van der Waals surface area contributed by atoms with Crippen LogP contribution in [-0.4, -0.2) is 22.8 Å². The van der Waals surface area contributed by atoms with Gasteiger partial charge in [0.2, 0.25) is 0 Å². The number of hydrogen-bond acceptors (Lipinski definition) is 3. The summed E-state index contributed by atoms with van der Waals surface area (Å²) < 4.78 is 40.8. The van der Waals surface area contributed by atoms with Crippen molar-refractivity contribution in [3.63, 3.8) is 0 Å². The van der Waals surface area contributed by atoms with E-state index < -0.39 is 35.8 Å². The number of halogens is 3. The molecule has 1 aromatic carbocycles. The maximum absolute atomic E-state index is 13.4. The van der Waals surface area contributed by atoms with Crippen LogP contribution in [0.5, 0.6) is 5.75 Å².